The fourth-order valence-electron chi connectivity index (χ4n) is 2.86. The Morgan fingerprint density at radius 3 is 2.10 bits per heavy atom. The van der Waals surface area contributed by atoms with E-state index in [-0.39, 0.29) is 11.4 Å². The van der Waals surface area contributed by atoms with Crippen LogP contribution in [0.5, 0.6) is 11.5 Å². The Bertz CT molecular complexity index is 1250. The number of nitrogens with two attached hydrogens (primary N) is 1. The Morgan fingerprint density at radius 2 is 1.45 bits per heavy atom. The first-order valence-electron chi connectivity index (χ1n) is 8.58. The maximum absolute atomic E-state index is 13.5. The standard InChI is InChI=1S/C19H11F6N5O/c20-18(21,22)14-13-15(26)30(29-16(13)28-17(27-14)19(23,24)25)11-8-4-5-9-12(11)31-10-6-2-1-3-7-10/h1-9H,26H2. The molecule has 2 heterocycles. The molecule has 0 atom stereocenters. The van der Waals surface area contributed by atoms with Gasteiger partial charge in [-0.05, 0) is 24.3 Å². The van der Waals surface area contributed by atoms with Gasteiger partial charge in [-0.2, -0.15) is 26.3 Å². The third-order valence-electron chi connectivity index (χ3n) is 4.16. The van der Waals surface area contributed by atoms with Crippen molar-refractivity contribution in [2.75, 3.05) is 5.73 Å². The normalized spacial score (nSPS) is 12.3. The van der Waals surface area contributed by atoms with Crippen molar-refractivity contribution in [3.8, 4) is 17.2 Å². The number of fused-ring (bicyclic) bond motifs is 1. The summed E-state index contributed by atoms with van der Waals surface area (Å²) in [6, 6.07) is 14.5. The minimum atomic E-state index is -5.22. The first-order valence-corrected chi connectivity index (χ1v) is 8.58. The molecule has 4 aromatic rings. The van der Waals surface area contributed by atoms with E-state index in [1.165, 1.54) is 18.2 Å². The van der Waals surface area contributed by atoms with Gasteiger partial charge in [0.25, 0.3) is 0 Å². The molecule has 2 aromatic carbocycles. The highest BCUT2D eigenvalue weighted by atomic mass is 19.4. The molecule has 0 radical (unpaired) electrons. The average molecular weight is 439 g/mol. The maximum Gasteiger partial charge on any atom is 0.451 e. The number of halogens is 6. The summed E-state index contributed by atoms with van der Waals surface area (Å²) in [6.07, 6.45) is -10.4. The number of nitrogen functional groups attached to an aromatic ring is 1. The van der Waals surface area contributed by atoms with E-state index in [1.54, 1.807) is 36.4 Å². The van der Waals surface area contributed by atoms with Crippen molar-refractivity contribution in [3.05, 3.63) is 66.1 Å². The number of hydrogen-bond donors (Lipinski definition) is 1. The quantitative estimate of drug-likeness (QED) is 0.443. The molecule has 0 aliphatic heterocycles. The molecule has 31 heavy (non-hydrogen) atoms. The molecule has 0 saturated heterocycles. The smallest absolute Gasteiger partial charge is 0.451 e. The number of benzene rings is 2. The summed E-state index contributed by atoms with van der Waals surface area (Å²) < 4.78 is 86.1. The van der Waals surface area contributed by atoms with Crippen LogP contribution in [0, 0.1) is 0 Å². The van der Waals surface area contributed by atoms with Crippen LogP contribution in [0.1, 0.15) is 11.5 Å². The van der Waals surface area contributed by atoms with Crippen LogP contribution < -0.4 is 10.5 Å². The number of ether oxygens (including phenoxy) is 1. The van der Waals surface area contributed by atoms with Gasteiger partial charge in [-0.1, -0.05) is 30.3 Å². The van der Waals surface area contributed by atoms with Crippen molar-refractivity contribution in [2.45, 2.75) is 12.4 Å². The second-order valence-corrected chi connectivity index (χ2v) is 6.27. The van der Waals surface area contributed by atoms with Crippen molar-refractivity contribution in [1.29, 1.82) is 0 Å². The number of aromatic nitrogens is 4. The Balaban J connectivity index is 1.94. The summed E-state index contributed by atoms with van der Waals surface area (Å²) in [4.78, 5) is 5.83. The number of alkyl halides is 6. The molecule has 0 aliphatic rings. The maximum atomic E-state index is 13.5. The zero-order valence-electron chi connectivity index (χ0n) is 15.2. The molecule has 160 valence electrons. The molecule has 0 bridgehead atoms. The highest BCUT2D eigenvalue weighted by molar-refractivity contribution is 5.90. The lowest BCUT2D eigenvalue weighted by atomic mass is 10.2. The fourth-order valence-corrected chi connectivity index (χ4v) is 2.86. The van der Waals surface area contributed by atoms with Crippen LogP contribution in [0.4, 0.5) is 32.2 Å². The van der Waals surface area contributed by atoms with Crippen LogP contribution in [0.2, 0.25) is 0 Å². The molecule has 0 amide bonds. The molecule has 12 heteroatoms. The van der Waals surface area contributed by atoms with E-state index < -0.39 is 40.7 Å². The predicted octanol–water partition coefficient (Wildman–Crippen LogP) is 5.23. The van der Waals surface area contributed by atoms with Crippen molar-refractivity contribution in [3.63, 3.8) is 0 Å². The third-order valence-corrected chi connectivity index (χ3v) is 4.16. The molecule has 2 N–H and O–H groups in total. The van der Waals surface area contributed by atoms with E-state index in [0.717, 1.165) is 4.68 Å². The zero-order valence-corrected chi connectivity index (χ0v) is 15.2. The van der Waals surface area contributed by atoms with Gasteiger partial charge in [-0.25, -0.2) is 14.6 Å². The van der Waals surface area contributed by atoms with Gasteiger partial charge >= 0.3 is 12.4 Å². The van der Waals surface area contributed by atoms with E-state index in [0.29, 0.717) is 5.75 Å². The molecule has 0 fully saturated rings. The van der Waals surface area contributed by atoms with Crippen molar-refractivity contribution >= 4 is 16.9 Å². The first kappa shape index (κ1) is 20.4. The van der Waals surface area contributed by atoms with Crippen LogP contribution in [0.15, 0.2) is 54.6 Å². The number of hydrogen-bond acceptors (Lipinski definition) is 5. The van der Waals surface area contributed by atoms with Crippen LogP contribution >= 0.6 is 0 Å². The van der Waals surface area contributed by atoms with Gasteiger partial charge in [-0.3, -0.25) is 0 Å². The monoisotopic (exact) mass is 439 g/mol. The van der Waals surface area contributed by atoms with E-state index in [9.17, 15) is 26.3 Å². The largest absolute Gasteiger partial charge is 0.455 e. The molecule has 0 spiro atoms. The van der Waals surface area contributed by atoms with Gasteiger partial charge in [0.2, 0.25) is 5.82 Å². The summed E-state index contributed by atoms with van der Waals surface area (Å²) >= 11 is 0. The zero-order chi connectivity index (χ0) is 22.4. The average Bonchev–Trinajstić information content (AvgIpc) is 3.03. The first-order chi connectivity index (χ1) is 14.6. The number of para-hydroxylation sites is 3. The summed E-state index contributed by atoms with van der Waals surface area (Å²) in [5, 5.41) is 2.96. The van der Waals surface area contributed by atoms with Gasteiger partial charge < -0.3 is 10.5 Å². The van der Waals surface area contributed by atoms with Gasteiger partial charge in [-0.15, -0.1) is 5.10 Å². The minimum absolute atomic E-state index is 0.100. The molecule has 0 unspecified atom stereocenters. The summed E-state index contributed by atoms with van der Waals surface area (Å²) in [5.41, 5.74) is 3.30. The van der Waals surface area contributed by atoms with Gasteiger partial charge in [0.1, 0.15) is 17.3 Å². The Kier molecular flexibility index (Phi) is 4.71. The highest BCUT2D eigenvalue weighted by Gasteiger charge is 2.43. The molecule has 0 saturated carbocycles. The Labute approximate surface area is 169 Å². The fraction of sp³-hybridized carbons (Fsp3) is 0.105. The van der Waals surface area contributed by atoms with Crippen LogP contribution in [-0.2, 0) is 12.4 Å². The van der Waals surface area contributed by atoms with Gasteiger partial charge in [0.15, 0.2) is 17.1 Å². The third kappa shape index (κ3) is 3.83. The lowest BCUT2D eigenvalue weighted by Crippen LogP contribution is -2.17. The topological polar surface area (TPSA) is 78.9 Å². The minimum Gasteiger partial charge on any atom is -0.455 e. The Morgan fingerprint density at radius 1 is 0.806 bits per heavy atom. The van der Waals surface area contributed by atoms with Crippen molar-refractivity contribution in [2.24, 2.45) is 0 Å². The summed E-state index contributed by atoms with van der Waals surface area (Å²) in [7, 11) is 0. The second-order valence-electron chi connectivity index (χ2n) is 6.27. The highest BCUT2D eigenvalue weighted by Crippen LogP contribution is 2.39. The van der Waals surface area contributed by atoms with Crippen LogP contribution in [-0.4, -0.2) is 19.7 Å². The predicted molar refractivity (Wildman–Crippen MR) is 97.6 cm³/mol. The van der Waals surface area contributed by atoms with Crippen molar-refractivity contribution < 1.29 is 31.1 Å². The molecule has 0 aliphatic carbocycles. The second kappa shape index (κ2) is 7.15. The summed E-state index contributed by atoms with van der Waals surface area (Å²) in [5.74, 6) is -1.97. The van der Waals surface area contributed by atoms with Crippen LogP contribution in [0.3, 0.4) is 0 Å². The molecule has 6 nitrogen and oxygen atoms in total. The summed E-state index contributed by atoms with van der Waals surface area (Å²) in [6.45, 7) is 0. The number of rotatable bonds is 3. The molecular weight excluding hydrogens is 428 g/mol. The van der Waals surface area contributed by atoms with E-state index in [4.69, 9.17) is 10.5 Å². The molecule has 2 aromatic heterocycles. The lowest BCUT2D eigenvalue weighted by Gasteiger charge is -2.12. The lowest BCUT2D eigenvalue weighted by molar-refractivity contribution is -0.151. The van der Waals surface area contributed by atoms with E-state index >= 15 is 0 Å². The number of anilines is 1. The SMILES string of the molecule is Nc1c2c(C(F)(F)F)nc(C(F)(F)F)nc2nn1-c1ccccc1Oc1ccccc1. The van der Waals surface area contributed by atoms with Crippen molar-refractivity contribution in [1.82, 2.24) is 19.7 Å². The number of nitrogens with zero attached hydrogens (tertiary/aromatic N) is 4. The van der Waals surface area contributed by atoms with Gasteiger partial charge in [0, 0.05) is 0 Å². The van der Waals surface area contributed by atoms with E-state index in [1.807, 2.05) is 0 Å². The Hall–Kier alpha value is -3.83. The van der Waals surface area contributed by atoms with E-state index in [2.05, 4.69) is 15.1 Å². The molecule has 4 rings (SSSR count). The van der Waals surface area contributed by atoms with Gasteiger partial charge in [0.05, 0.1) is 5.39 Å². The molecular formula is C19H11F6N5O. The van der Waals surface area contributed by atoms with Crippen LogP contribution in [0.25, 0.3) is 16.7 Å².